The molecule has 7 heteroatoms. The largest absolute Gasteiger partial charge is 0.508 e. The number of aromatic hydroxyl groups is 2. The van der Waals surface area contributed by atoms with Crippen LogP contribution in [-0.2, 0) is 0 Å². The van der Waals surface area contributed by atoms with Crippen molar-refractivity contribution in [2.24, 2.45) is 0 Å². The highest BCUT2D eigenvalue weighted by Gasteiger charge is 2.21. The van der Waals surface area contributed by atoms with E-state index in [-0.39, 0.29) is 22.6 Å². The number of fused-ring (bicyclic) bond motifs is 1. The van der Waals surface area contributed by atoms with Crippen LogP contribution in [0.1, 0.15) is 26.2 Å². The predicted octanol–water partition coefficient (Wildman–Crippen LogP) is 4.85. The minimum atomic E-state index is -0.310. The molecule has 0 unspecified atom stereocenters. The third-order valence-electron chi connectivity index (χ3n) is 6.21. The molecule has 1 fully saturated rings. The van der Waals surface area contributed by atoms with Gasteiger partial charge >= 0.3 is 0 Å². The lowest BCUT2D eigenvalue weighted by molar-refractivity contribution is 0.339. The van der Waals surface area contributed by atoms with E-state index in [9.17, 15) is 15.0 Å². The number of benzene rings is 3. The first kappa shape index (κ1) is 21.8. The standard InChI is InChI=1S/C27H27N3O4/c1-2-34-24-17-19(29-15-4-3-5-16-29)11-14-22(24)30-26(18-9-12-20(31)13-10-18)28-25-21(27(30)33)7-6-8-23(25)32/h6-14,17,31-32H,2-5,15-16H2,1H3. The van der Waals surface area contributed by atoms with Crippen LogP contribution in [-0.4, -0.2) is 39.5 Å². The second-order valence-corrected chi connectivity index (χ2v) is 8.43. The SMILES string of the molecule is CCOc1cc(N2CCCCC2)ccc1-n1c(-c2ccc(O)cc2)nc2c(O)cccc2c1=O. The highest BCUT2D eigenvalue weighted by molar-refractivity contribution is 5.86. The zero-order valence-corrected chi connectivity index (χ0v) is 19.1. The van der Waals surface area contributed by atoms with E-state index in [0.29, 0.717) is 34.8 Å². The van der Waals surface area contributed by atoms with Crippen LogP contribution >= 0.6 is 0 Å². The fraction of sp³-hybridized carbons (Fsp3) is 0.259. The number of anilines is 1. The number of ether oxygens (including phenoxy) is 1. The minimum absolute atomic E-state index is 0.0627. The van der Waals surface area contributed by atoms with Crippen LogP contribution in [0.3, 0.4) is 0 Å². The zero-order valence-electron chi connectivity index (χ0n) is 19.1. The molecule has 2 N–H and O–H groups in total. The van der Waals surface area contributed by atoms with E-state index in [1.807, 2.05) is 25.1 Å². The molecule has 0 atom stereocenters. The summed E-state index contributed by atoms with van der Waals surface area (Å²) in [4.78, 5) is 20.8. The molecule has 0 radical (unpaired) electrons. The van der Waals surface area contributed by atoms with Gasteiger partial charge in [-0.15, -0.1) is 0 Å². The monoisotopic (exact) mass is 457 g/mol. The number of phenolic OH excluding ortho intramolecular Hbond substituents is 2. The van der Waals surface area contributed by atoms with Crippen molar-refractivity contribution in [3.05, 3.63) is 71.0 Å². The third kappa shape index (κ3) is 3.94. The maximum Gasteiger partial charge on any atom is 0.266 e. The lowest BCUT2D eigenvalue weighted by Crippen LogP contribution is -2.29. The number of nitrogens with zero attached hydrogens (tertiary/aromatic N) is 3. The van der Waals surface area contributed by atoms with Crippen LogP contribution in [0.15, 0.2) is 65.5 Å². The first-order valence-corrected chi connectivity index (χ1v) is 11.6. The van der Waals surface area contributed by atoms with Crippen molar-refractivity contribution in [2.75, 3.05) is 24.6 Å². The number of para-hydroxylation sites is 1. The molecule has 34 heavy (non-hydrogen) atoms. The molecule has 1 aromatic heterocycles. The van der Waals surface area contributed by atoms with Gasteiger partial charge in [0, 0.05) is 30.4 Å². The average Bonchev–Trinajstić information content (AvgIpc) is 2.86. The van der Waals surface area contributed by atoms with Crippen molar-refractivity contribution in [1.29, 1.82) is 0 Å². The maximum atomic E-state index is 13.8. The first-order valence-electron chi connectivity index (χ1n) is 11.6. The second kappa shape index (κ2) is 9.09. The smallest absolute Gasteiger partial charge is 0.266 e. The molecule has 1 saturated heterocycles. The van der Waals surface area contributed by atoms with Gasteiger partial charge in [-0.1, -0.05) is 6.07 Å². The number of rotatable bonds is 5. The van der Waals surface area contributed by atoms with Gasteiger partial charge in [-0.05, 0) is 74.7 Å². The van der Waals surface area contributed by atoms with Gasteiger partial charge in [0.25, 0.3) is 5.56 Å². The Hall–Kier alpha value is -4.00. The van der Waals surface area contributed by atoms with E-state index in [1.165, 1.54) is 17.1 Å². The van der Waals surface area contributed by atoms with E-state index < -0.39 is 0 Å². The minimum Gasteiger partial charge on any atom is -0.508 e. The highest BCUT2D eigenvalue weighted by Crippen LogP contribution is 2.34. The maximum absolute atomic E-state index is 13.8. The van der Waals surface area contributed by atoms with Gasteiger partial charge in [0.1, 0.15) is 28.6 Å². The van der Waals surface area contributed by atoms with E-state index in [0.717, 1.165) is 31.6 Å². The van der Waals surface area contributed by atoms with Crippen LogP contribution < -0.4 is 15.2 Å². The van der Waals surface area contributed by atoms with Crippen LogP contribution in [0.5, 0.6) is 17.2 Å². The van der Waals surface area contributed by atoms with Gasteiger partial charge in [0.2, 0.25) is 0 Å². The Bertz CT molecular complexity index is 1390. The molecular weight excluding hydrogens is 430 g/mol. The molecule has 1 aliphatic heterocycles. The molecule has 174 valence electrons. The average molecular weight is 458 g/mol. The van der Waals surface area contributed by atoms with E-state index >= 15 is 0 Å². The summed E-state index contributed by atoms with van der Waals surface area (Å²) < 4.78 is 7.55. The van der Waals surface area contributed by atoms with Crippen molar-refractivity contribution in [3.8, 4) is 34.3 Å². The summed E-state index contributed by atoms with van der Waals surface area (Å²) >= 11 is 0. The number of hydrogen-bond donors (Lipinski definition) is 2. The van der Waals surface area contributed by atoms with E-state index in [2.05, 4.69) is 4.90 Å². The summed E-state index contributed by atoms with van der Waals surface area (Å²) in [5.74, 6) is 0.995. The first-order chi connectivity index (χ1) is 16.6. The second-order valence-electron chi connectivity index (χ2n) is 8.43. The molecule has 0 bridgehead atoms. The number of hydrogen-bond acceptors (Lipinski definition) is 6. The van der Waals surface area contributed by atoms with Gasteiger partial charge in [-0.25, -0.2) is 4.98 Å². The van der Waals surface area contributed by atoms with Crippen molar-refractivity contribution in [2.45, 2.75) is 26.2 Å². The summed E-state index contributed by atoms with van der Waals surface area (Å²) in [6.45, 7) is 4.36. The highest BCUT2D eigenvalue weighted by atomic mass is 16.5. The molecule has 0 saturated carbocycles. The molecule has 1 aliphatic rings. The van der Waals surface area contributed by atoms with Gasteiger partial charge in [0.05, 0.1) is 17.7 Å². The Morgan fingerprint density at radius 2 is 1.74 bits per heavy atom. The Balaban J connectivity index is 1.77. The quantitative estimate of drug-likeness (QED) is 0.445. The molecule has 2 heterocycles. The summed E-state index contributed by atoms with van der Waals surface area (Å²) in [5, 5.41) is 20.5. The summed E-state index contributed by atoms with van der Waals surface area (Å²) in [6.07, 6.45) is 3.57. The van der Waals surface area contributed by atoms with Crippen molar-refractivity contribution >= 4 is 16.6 Å². The molecule has 3 aromatic carbocycles. The molecule has 0 spiro atoms. The zero-order chi connectivity index (χ0) is 23.7. The molecule has 0 aliphatic carbocycles. The van der Waals surface area contributed by atoms with Gasteiger partial charge in [0.15, 0.2) is 0 Å². The number of phenols is 2. The topological polar surface area (TPSA) is 87.8 Å². The predicted molar refractivity (Wildman–Crippen MR) is 133 cm³/mol. The van der Waals surface area contributed by atoms with Crippen molar-refractivity contribution < 1.29 is 14.9 Å². The van der Waals surface area contributed by atoms with Crippen LogP contribution in [0.4, 0.5) is 5.69 Å². The summed E-state index contributed by atoms with van der Waals surface area (Å²) in [6, 6.07) is 17.2. The van der Waals surface area contributed by atoms with Gasteiger partial charge in [-0.3, -0.25) is 9.36 Å². The molecule has 5 rings (SSSR count). The molecular formula is C27H27N3O4. The molecule has 4 aromatic rings. The lowest BCUT2D eigenvalue weighted by atomic mass is 10.1. The van der Waals surface area contributed by atoms with Crippen LogP contribution in [0.2, 0.25) is 0 Å². The Kier molecular flexibility index (Phi) is 5.84. The normalized spacial score (nSPS) is 13.9. The Morgan fingerprint density at radius 1 is 0.971 bits per heavy atom. The Morgan fingerprint density at radius 3 is 2.47 bits per heavy atom. The van der Waals surface area contributed by atoms with Crippen molar-refractivity contribution in [1.82, 2.24) is 9.55 Å². The molecule has 0 amide bonds. The fourth-order valence-electron chi connectivity index (χ4n) is 4.53. The number of piperidine rings is 1. The van der Waals surface area contributed by atoms with Gasteiger partial charge in [-0.2, -0.15) is 0 Å². The van der Waals surface area contributed by atoms with Gasteiger partial charge < -0.3 is 19.8 Å². The Labute approximate surface area is 197 Å². The summed E-state index contributed by atoms with van der Waals surface area (Å²) in [5.41, 5.74) is 2.19. The van der Waals surface area contributed by atoms with Crippen LogP contribution in [0, 0.1) is 0 Å². The summed E-state index contributed by atoms with van der Waals surface area (Å²) in [7, 11) is 0. The van der Waals surface area contributed by atoms with Crippen LogP contribution in [0.25, 0.3) is 28.0 Å². The number of aromatic nitrogens is 2. The third-order valence-corrected chi connectivity index (χ3v) is 6.21. The molecule has 7 nitrogen and oxygen atoms in total. The van der Waals surface area contributed by atoms with E-state index in [4.69, 9.17) is 9.72 Å². The lowest BCUT2D eigenvalue weighted by Gasteiger charge is -2.29. The van der Waals surface area contributed by atoms with Crippen molar-refractivity contribution in [3.63, 3.8) is 0 Å². The fourth-order valence-corrected chi connectivity index (χ4v) is 4.53. The van der Waals surface area contributed by atoms with E-state index in [1.54, 1.807) is 36.4 Å².